The molecular formula is C18H27N3O4. The molecule has 3 amide bonds. The molecule has 0 saturated carbocycles. The minimum absolute atomic E-state index is 0.0215. The van der Waals surface area contributed by atoms with Crippen LogP contribution >= 0.6 is 0 Å². The zero-order valence-corrected chi connectivity index (χ0v) is 14.9. The third-order valence-electron chi connectivity index (χ3n) is 4.04. The molecule has 2 N–H and O–H groups in total. The average Bonchev–Trinajstić information content (AvgIpc) is 2.62. The second-order valence-corrected chi connectivity index (χ2v) is 6.01. The van der Waals surface area contributed by atoms with E-state index >= 15 is 0 Å². The molecule has 7 heteroatoms. The molecule has 0 bridgehead atoms. The van der Waals surface area contributed by atoms with E-state index in [-0.39, 0.29) is 18.0 Å². The van der Waals surface area contributed by atoms with Crippen molar-refractivity contribution in [2.24, 2.45) is 0 Å². The molecule has 1 aromatic rings. The van der Waals surface area contributed by atoms with E-state index in [1.165, 1.54) is 0 Å². The van der Waals surface area contributed by atoms with Gasteiger partial charge in [-0.1, -0.05) is 13.0 Å². The SMILES string of the molecule is CCC(=O)N[C@@H]1CCCN(C(=O)Nc2cccc(OCCOC)c2)C1. The molecule has 0 aromatic heterocycles. The smallest absolute Gasteiger partial charge is 0.321 e. The molecule has 1 heterocycles. The predicted octanol–water partition coefficient (Wildman–Crippen LogP) is 2.23. The number of nitrogens with zero attached hydrogens (tertiary/aromatic N) is 1. The first-order chi connectivity index (χ1) is 12.1. The second-order valence-electron chi connectivity index (χ2n) is 6.01. The molecule has 1 saturated heterocycles. The first kappa shape index (κ1) is 19.1. The third kappa shape index (κ3) is 6.26. The third-order valence-corrected chi connectivity index (χ3v) is 4.04. The molecule has 1 fully saturated rings. The van der Waals surface area contributed by atoms with Crippen LogP contribution in [0.1, 0.15) is 26.2 Å². The topological polar surface area (TPSA) is 79.9 Å². The molecule has 7 nitrogen and oxygen atoms in total. The first-order valence-electron chi connectivity index (χ1n) is 8.69. The fraction of sp³-hybridized carbons (Fsp3) is 0.556. The van der Waals surface area contributed by atoms with Crippen LogP contribution in [0.3, 0.4) is 0 Å². The van der Waals surface area contributed by atoms with Crippen LogP contribution < -0.4 is 15.4 Å². The van der Waals surface area contributed by atoms with Gasteiger partial charge in [0.05, 0.1) is 6.61 Å². The molecule has 1 aliphatic heterocycles. The lowest BCUT2D eigenvalue weighted by Gasteiger charge is -2.33. The van der Waals surface area contributed by atoms with E-state index < -0.39 is 0 Å². The van der Waals surface area contributed by atoms with Crippen LogP contribution in [0.5, 0.6) is 5.75 Å². The molecule has 1 atom stereocenters. The Bertz CT molecular complexity index is 579. The number of ether oxygens (including phenoxy) is 2. The molecule has 2 rings (SSSR count). The molecule has 25 heavy (non-hydrogen) atoms. The highest BCUT2D eigenvalue weighted by atomic mass is 16.5. The fourth-order valence-electron chi connectivity index (χ4n) is 2.72. The quantitative estimate of drug-likeness (QED) is 0.740. The number of anilines is 1. The number of piperidine rings is 1. The molecule has 0 aliphatic carbocycles. The van der Waals surface area contributed by atoms with Gasteiger partial charge in [-0.2, -0.15) is 0 Å². The Labute approximate surface area is 148 Å². The number of methoxy groups -OCH3 is 1. The highest BCUT2D eigenvalue weighted by Gasteiger charge is 2.24. The molecule has 0 spiro atoms. The van der Waals surface area contributed by atoms with Crippen molar-refractivity contribution in [3.63, 3.8) is 0 Å². The average molecular weight is 349 g/mol. The summed E-state index contributed by atoms with van der Waals surface area (Å²) in [5, 5.41) is 5.86. The Balaban J connectivity index is 1.88. The Morgan fingerprint density at radius 3 is 2.92 bits per heavy atom. The maximum Gasteiger partial charge on any atom is 0.321 e. The number of likely N-dealkylation sites (tertiary alicyclic amines) is 1. The van der Waals surface area contributed by atoms with Crippen molar-refractivity contribution in [2.45, 2.75) is 32.2 Å². The Morgan fingerprint density at radius 2 is 2.16 bits per heavy atom. The van der Waals surface area contributed by atoms with E-state index in [9.17, 15) is 9.59 Å². The number of amides is 3. The van der Waals surface area contributed by atoms with Gasteiger partial charge >= 0.3 is 6.03 Å². The number of hydrogen-bond acceptors (Lipinski definition) is 4. The highest BCUT2D eigenvalue weighted by molar-refractivity contribution is 5.89. The van der Waals surface area contributed by atoms with E-state index in [1.54, 1.807) is 18.1 Å². The van der Waals surface area contributed by atoms with Crippen molar-refractivity contribution in [3.05, 3.63) is 24.3 Å². The van der Waals surface area contributed by atoms with Crippen molar-refractivity contribution in [2.75, 3.05) is 38.7 Å². The van der Waals surface area contributed by atoms with Gasteiger partial charge in [0.1, 0.15) is 12.4 Å². The summed E-state index contributed by atoms with van der Waals surface area (Å²) >= 11 is 0. The zero-order chi connectivity index (χ0) is 18.1. The number of urea groups is 1. The number of carbonyl (C=O) groups excluding carboxylic acids is 2. The summed E-state index contributed by atoms with van der Waals surface area (Å²) in [6.45, 7) is 4.01. The Kier molecular flexibility index (Phi) is 7.53. The fourth-order valence-corrected chi connectivity index (χ4v) is 2.72. The summed E-state index contributed by atoms with van der Waals surface area (Å²) in [4.78, 5) is 25.8. The number of rotatable bonds is 7. The minimum atomic E-state index is -0.163. The lowest BCUT2D eigenvalue weighted by Crippen LogP contribution is -2.50. The van der Waals surface area contributed by atoms with E-state index in [2.05, 4.69) is 10.6 Å². The van der Waals surface area contributed by atoms with Crippen LogP contribution in [0.25, 0.3) is 0 Å². The lowest BCUT2D eigenvalue weighted by atomic mass is 10.1. The van der Waals surface area contributed by atoms with E-state index in [0.29, 0.717) is 44.2 Å². The van der Waals surface area contributed by atoms with Crippen LogP contribution in [-0.4, -0.2) is 56.3 Å². The minimum Gasteiger partial charge on any atom is -0.491 e. The van der Waals surface area contributed by atoms with Crippen molar-refractivity contribution >= 4 is 17.6 Å². The molecule has 138 valence electrons. The summed E-state index contributed by atoms with van der Waals surface area (Å²) in [5.41, 5.74) is 0.680. The van der Waals surface area contributed by atoms with Crippen LogP contribution in [0, 0.1) is 0 Å². The molecule has 1 aliphatic rings. The van der Waals surface area contributed by atoms with Gasteiger partial charge in [0, 0.05) is 44.4 Å². The number of hydrogen-bond donors (Lipinski definition) is 2. The Hall–Kier alpha value is -2.28. The van der Waals surface area contributed by atoms with E-state index in [1.807, 2.05) is 25.1 Å². The van der Waals surface area contributed by atoms with Crippen LogP contribution in [0.2, 0.25) is 0 Å². The largest absolute Gasteiger partial charge is 0.491 e. The summed E-state index contributed by atoms with van der Waals surface area (Å²) in [7, 11) is 1.62. The summed E-state index contributed by atoms with van der Waals surface area (Å²) in [5.74, 6) is 0.703. The lowest BCUT2D eigenvalue weighted by molar-refractivity contribution is -0.121. The second kappa shape index (κ2) is 9.88. The van der Waals surface area contributed by atoms with Crippen molar-refractivity contribution in [1.29, 1.82) is 0 Å². The van der Waals surface area contributed by atoms with Gasteiger partial charge in [-0.25, -0.2) is 4.79 Å². The van der Waals surface area contributed by atoms with Gasteiger partial charge in [0.2, 0.25) is 5.91 Å². The monoisotopic (exact) mass is 349 g/mol. The van der Waals surface area contributed by atoms with E-state index in [0.717, 1.165) is 12.8 Å². The van der Waals surface area contributed by atoms with Crippen molar-refractivity contribution < 1.29 is 19.1 Å². The van der Waals surface area contributed by atoms with Gasteiger partial charge in [-0.15, -0.1) is 0 Å². The summed E-state index contributed by atoms with van der Waals surface area (Å²) < 4.78 is 10.5. The molecule has 1 aromatic carbocycles. The molecule has 0 unspecified atom stereocenters. The number of nitrogens with one attached hydrogen (secondary N) is 2. The predicted molar refractivity (Wildman–Crippen MR) is 95.9 cm³/mol. The zero-order valence-electron chi connectivity index (χ0n) is 14.9. The normalized spacial score (nSPS) is 17.0. The van der Waals surface area contributed by atoms with Gasteiger partial charge < -0.3 is 25.0 Å². The van der Waals surface area contributed by atoms with E-state index in [4.69, 9.17) is 9.47 Å². The van der Waals surface area contributed by atoms with Crippen LogP contribution in [0.4, 0.5) is 10.5 Å². The maximum atomic E-state index is 12.5. The van der Waals surface area contributed by atoms with Crippen LogP contribution in [-0.2, 0) is 9.53 Å². The van der Waals surface area contributed by atoms with Gasteiger partial charge in [0.25, 0.3) is 0 Å². The summed E-state index contributed by atoms with van der Waals surface area (Å²) in [6, 6.07) is 7.14. The maximum absolute atomic E-state index is 12.5. The van der Waals surface area contributed by atoms with Crippen molar-refractivity contribution in [3.8, 4) is 5.75 Å². The molecular weight excluding hydrogens is 322 g/mol. The summed E-state index contributed by atoms with van der Waals surface area (Å²) in [6.07, 6.45) is 2.24. The number of carbonyl (C=O) groups is 2. The molecule has 0 radical (unpaired) electrons. The van der Waals surface area contributed by atoms with Gasteiger partial charge in [-0.3, -0.25) is 4.79 Å². The number of benzene rings is 1. The highest BCUT2D eigenvalue weighted by Crippen LogP contribution is 2.19. The van der Waals surface area contributed by atoms with Crippen LogP contribution in [0.15, 0.2) is 24.3 Å². The van der Waals surface area contributed by atoms with Gasteiger partial charge in [-0.05, 0) is 25.0 Å². The first-order valence-corrected chi connectivity index (χ1v) is 8.69. The van der Waals surface area contributed by atoms with Crippen molar-refractivity contribution in [1.82, 2.24) is 10.2 Å². The standard InChI is InChI=1S/C18H27N3O4/c1-3-17(22)19-15-7-5-9-21(13-15)18(23)20-14-6-4-8-16(12-14)25-11-10-24-2/h4,6,8,12,15H,3,5,7,9-11,13H2,1-2H3,(H,19,22)(H,20,23)/t15-/m1/s1. The van der Waals surface area contributed by atoms with Gasteiger partial charge in [0.15, 0.2) is 0 Å². The Morgan fingerprint density at radius 1 is 1.32 bits per heavy atom.